The molecule has 2 amide bonds. The van der Waals surface area contributed by atoms with Gasteiger partial charge in [-0.2, -0.15) is 0 Å². The number of amides is 2. The molecule has 0 unspecified atom stereocenters. The van der Waals surface area contributed by atoms with Crippen LogP contribution in [0.4, 0.5) is 4.79 Å². The minimum atomic E-state index is -1.09. The average Bonchev–Trinajstić information content (AvgIpc) is 2.39. The molecule has 0 aliphatic heterocycles. The molecule has 0 bridgehead atoms. The second kappa shape index (κ2) is 5.90. The first-order valence-electron chi connectivity index (χ1n) is 6.21. The molecule has 1 aliphatic rings. The highest BCUT2D eigenvalue weighted by molar-refractivity contribution is 5.72. The predicted molar refractivity (Wildman–Crippen MR) is 68.6 cm³/mol. The minimum absolute atomic E-state index is 0.497. The number of carbonyl (C=O) groups excluding carboxylic acids is 1. The Bertz CT molecular complexity index is 426. The van der Waals surface area contributed by atoms with Gasteiger partial charge in [-0.15, -0.1) is 0 Å². The maximum atomic E-state index is 10.8. The fourth-order valence-corrected chi connectivity index (χ4v) is 2.29. The summed E-state index contributed by atoms with van der Waals surface area (Å²) in [6.45, 7) is 0. The number of hydrogen-bond acceptors (Lipinski definition) is 4. The molecule has 0 heterocycles. The Labute approximate surface area is 111 Å². The van der Waals surface area contributed by atoms with E-state index in [4.69, 9.17) is 10.5 Å². The maximum Gasteiger partial charge on any atom is 0.312 e. The van der Waals surface area contributed by atoms with Crippen molar-refractivity contribution in [1.29, 1.82) is 0 Å². The SMILES string of the molecule is NC(=O)N[C@@H]1CC[C@@H](Oc2ccccc2)[C@@H](O)[C@@H]1O. The Morgan fingerprint density at radius 2 is 1.89 bits per heavy atom. The summed E-state index contributed by atoms with van der Waals surface area (Å²) in [4.78, 5) is 10.8. The van der Waals surface area contributed by atoms with E-state index in [1.165, 1.54) is 0 Å². The van der Waals surface area contributed by atoms with Crippen LogP contribution < -0.4 is 15.8 Å². The van der Waals surface area contributed by atoms with Gasteiger partial charge in [-0.25, -0.2) is 4.79 Å². The molecule has 0 aromatic heterocycles. The second-order valence-electron chi connectivity index (χ2n) is 4.64. The summed E-state index contributed by atoms with van der Waals surface area (Å²) in [5, 5.41) is 22.4. The Morgan fingerprint density at radius 1 is 1.21 bits per heavy atom. The molecule has 0 saturated heterocycles. The van der Waals surface area contributed by atoms with Gasteiger partial charge in [0.1, 0.15) is 24.1 Å². The van der Waals surface area contributed by atoms with Crippen LogP contribution in [0.25, 0.3) is 0 Å². The summed E-state index contributed by atoms with van der Waals surface area (Å²) in [5.41, 5.74) is 5.02. The van der Waals surface area contributed by atoms with Crippen LogP contribution in [0.15, 0.2) is 30.3 Å². The number of benzene rings is 1. The van der Waals surface area contributed by atoms with Crippen LogP contribution in [0.2, 0.25) is 0 Å². The van der Waals surface area contributed by atoms with Crippen LogP contribution in [0.3, 0.4) is 0 Å². The van der Waals surface area contributed by atoms with E-state index in [9.17, 15) is 15.0 Å². The zero-order valence-electron chi connectivity index (χ0n) is 10.4. The fourth-order valence-electron chi connectivity index (χ4n) is 2.29. The van der Waals surface area contributed by atoms with Gasteiger partial charge in [-0.1, -0.05) is 18.2 Å². The smallest absolute Gasteiger partial charge is 0.312 e. The van der Waals surface area contributed by atoms with Crippen molar-refractivity contribution in [2.24, 2.45) is 5.73 Å². The van der Waals surface area contributed by atoms with Gasteiger partial charge >= 0.3 is 6.03 Å². The van der Waals surface area contributed by atoms with Crippen molar-refractivity contribution in [2.45, 2.75) is 37.2 Å². The Hall–Kier alpha value is -1.79. The van der Waals surface area contributed by atoms with Crippen LogP contribution in [-0.4, -0.2) is 40.6 Å². The Morgan fingerprint density at radius 3 is 2.53 bits per heavy atom. The number of nitrogens with two attached hydrogens (primary N) is 1. The van der Waals surface area contributed by atoms with Crippen molar-refractivity contribution in [3.63, 3.8) is 0 Å². The van der Waals surface area contributed by atoms with E-state index in [0.29, 0.717) is 18.6 Å². The van der Waals surface area contributed by atoms with Crippen molar-refractivity contribution in [3.8, 4) is 5.75 Å². The predicted octanol–water partition coefficient (Wildman–Crippen LogP) is -0.0135. The lowest BCUT2D eigenvalue weighted by atomic mass is 9.87. The molecule has 1 aromatic rings. The first kappa shape index (κ1) is 13.6. The number of rotatable bonds is 3. The third kappa shape index (κ3) is 3.36. The number of aliphatic hydroxyl groups is 2. The van der Waals surface area contributed by atoms with Gasteiger partial charge < -0.3 is 26.0 Å². The highest BCUT2D eigenvalue weighted by Gasteiger charge is 2.39. The third-order valence-corrected chi connectivity index (χ3v) is 3.26. The standard InChI is InChI=1S/C13H18N2O4/c14-13(18)15-9-6-7-10(12(17)11(9)16)19-8-4-2-1-3-5-8/h1-5,9-12,16-17H,6-7H2,(H3,14,15,18)/t9-,10-,11-,12-/m1/s1. The number of para-hydroxylation sites is 1. The number of hydrogen-bond donors (Lipinski definition) is 4. The molecule has 1 aromatic carbocycles. The molecule has 1 saturated carbocycles. The summed E-state index contributed by atoms with van der Waals surface area (Å²) < 4.78 is 5.64. The van der Waals surface area contributed by atoms with Crippen LogP contribution >= 0.6 is 0 Å². The Kier molecular flexibility index (Phi) is 4.24. The number of aliphatic hydroxyl groups excluding tert-OH is 2. The first-order chi connectivity index (χ1) is 9.08. The molecule has 6 nitrogen and oxygen atoms in total. The molecule has 2 rings (SSSR count). The lowest BCUT2D eigenvalue weighted by molar-refractivity contribution is -0.0868. The van der Waals surface area contributed by atoms with E-state index in [1.54, 1.807) is 12.1 Å². The monoisotopic (exact) mass is 266 g/mol. The number of nitrogens with one attached hydrogen (secondary N) is 1. The highest BCUT2D eigenvalue weighted by atomic mass is 16.5. The molecular weight excluding hydrogens is 248 g/mol. The largest absolute Gasteiger partial charge is 0.488 e. The molecule has 19 heavy (non-hydrogen) atoms. The maximum absolute atomic E-state index is 10.8. The van der Waals surface area contributed by atoms with Gasteiger partial charge in [0.25, 0.3) is 0 Å². The zero-order chi connectivity index (χ0) is 13.8. The van der Waals surface area contributed by atoms with Crippen molar-refractivity contribution in [3.05, 3.63) is 30.3 Å². The van der Waals surface area contributed by atoms with Gasteiger partial charge in [0, 0.05) is 0 Å². The molecule has 104 valence electrons. The second-order valence-corrected chi connectivity index (χ2v) is 4.64. The van der Waals surface area contributed by atoms with Crippen molar-refractivity contribution in [1.82, 2.24) is 5.32 Å². The first-order valence-corrected chi connectivity index (χ1v) is 6.21. The van der Waals surface area contributed by atoms with Crippen molar-refractivity contribution < 1.29 is 19.7 Å². The number of carbonyl (C=O) groups is 1. The third-order valence-electron chi connectivity index (χ3n) is 3.26. The van der Waals surface area contributed by atoms with E-state index in [1.807, 2.05) is 18.2 Å². The van der Waals surface area contributed by atoms with Gasteiger partial charge in [0.2, 0.25) is 0 Å². The normalized spacial score (nSPS) is 30.6. The summed E-state index contributed by atoms with van der Waals surface area (Å²) in [6.07, 6.45) is -1.62. The number of primary amides is 1. The van der Waals surface area contributed by atoms with Gasteiger partial charge in [0.05, 0.1) is 6.04 Å². The van der Waals surface area contributed by atoms with E-state index >= 15 is 0 Å². The molecule has 0 spiro atoms. The fraction of sp³-hybridized carbons (Fsp3) is 0.462. The number of urea groups is 1. The summed E-state index contributed by atoms with van der Waals surface area (Å²) in [5.74, 6) is 0.639. The van der Waals surface area contributed by atoms with Crippen molar-refractivity contribution in [2.75, 3.05) is 0 Å². The van der Waals surface area contributed by atoms with Crippen LogP contribution in [0.5, 0.6) is 5.75 Å². The average molecular weight is 266 g/mol. The summed E-state index contributed by atoms with van der Waals surface area (Å²) >= 11 is 0. The van der Waals surface area contributed by atoms with Crippen LogP contribution in [-0.2, 0) is 0 Å². The quantitative estimate of drug-likeness (QED) is 0.617. The topological polar surface area (TPSA) is 105 Å². The van der Waals surface area contributed by atoms with Gasteiger partial charge in [-0.3, -0.25) is 0 Å². The lowest BCUT2D eigenvalue weighted by Crippen LogP contribution is -2.57. The van der Waals surface area contributed by atoms with Crippen LogP contribution in [0, 0.1) is 0 Å². The molecule has 1 aliphatic carbocycles. The molecular formula is C13H18N2O4. The molecule has 6 heteroatoms. The molecule has 5 N–H and O–H groups in total. The van der Waals surface area contributed by atoms with E-state index in [2.05, 4.69) is 5.32 Å². The van der Waals surface area contributed by atoms with Crippen LogP contribution in [0.1, 0.15) is 12.8 Å². The zero-order valence-corrected chi connectivity index (χ0v) is 10.4. The van der Waals surface area contributed by atoms with E-state index in [-0.39, 0.29) is 0 Å². The molecule has 4 atom stereocenters. The van der Waals surface area contributed by atoms with Gasteiger partial charge in [-0.05, 0) is 25.0 Å². The van der Waals surface area contributed by atoms with Crippen molar-refractivity contribution >= 4 is 6.03 Å². The summed E-state index contributed by atoms with van der Waals surface area (Å²) in [7, 11) is 0. The lowest BCUT2D eigenvalue weighted by Gasteiger charge is -2.37. The minimum Gasteiger partial charge on any atom is -0.488 e. The molecule has 0 radical (unpaired) electrons. The highest BCUT2D eigenvalue weighted by Crippen LogP contribution is 2.24. The van der Waals surface area contributed by atoms with E-state index < -0.39 is 30.4 Å². The molecule has 1 fully saturated rings. The number of ether oxygens (including phenoxy) is 1. The van der Waals surface area contributed by atoms with E-state index in [0.717, 1.165) is 0 Å². The Balaban J connectivity index is 1.97. The van der Waals surface area contributed by atoms with Gasteiger partial charge in [0.15, 0.2) is 0 Å². The summed E-state index contributed by atoms with van der Waals surface area (Å²) in [6, 6.07) is 7.85.